The molecule has 2 rings (SSSR count). The van der Waals surface area contributed by atoms with Crippen LogP contribution in [-0.4, -0.2) is 15.9 Å². The van der Waals surface area contributed by atoms with E-state index >= 15 is 0 Å². The largest absolute Gasteiger partial charge is 0.361 e. The van der Waals surface area contributed by atoms with Gasteiger partial charge in [0, 0.05) is 18.3 Å². The van der Waals surface area contributed by atoms with Gasteiger partial charge < -0.3 is 5.32 Å². The summed E-state index contributed by atoms with van der Waals surface area (Å²) < 4.78 is 0. The van der Waals surface area contributed by atoms with E-state index in [0.29, 0.717) is 17.8 Å². The molecule has 1 aliphatic rings. The highest BCUT2D eigenvalue weighted by Gasteiger charge is 2.25. The molecule has 0 aliphatic heterocycles. The molecule has 1 heterocycles. The molecule has 0 aromatic carbocycles. The topological polar surface area (TPSA) is 68.1 Å². The Morgan fingerprint density at radius 2 is 2.38 bits per heavy atom. The SMILES string of the molecule is CC1CCCC1Nc1ncccc1[N+](=O)[O-]. The number of pyridine rings is 1. The summed E-state index contributed by atoms with van der Waals surface area (Å²) in [5.74, 6) is 0.952. The third-order valence-electron chi connectivity index (χ3n) is 3.17. The van der Waals surface area contributed by atoms with Crippen LogP contribution in [0.5, 0.6) is 0 Å². The first-order chi connectivity index (χ1) is 7.68. The Morgan fingerprint density at radius 1 is 1.56 bits per heavy atom. The van der Waals surface area contributed by atoms with Crippen molar-refractivity contribution in [3.8, 4) is 0 Å². The van der Waals surface area contributed by atoms with E-state index in [1.807, 2.05) is 0 Å². The van der Waals surface area contributed by atoms with E-state index in [9.17, 15) is 10.1 Å². The van der Waals surface area contributed by atoms with Crippen LogP contribution in [0.3, 0.4) is 0 Å². The second-order valence-electron chi connectivity index (χ2n) is 4.29. The molecule has 86 valence electrons. The predicted molar refractivity (Wildman–Crippen MR) is 61.3 cm³/mol. The maximum Gasteiger partial charge on any atom is 0.311 e. The summed E-state index contributed by atoms with van der Waals surface area (Å²) in [7, 11) is 0. The lowest BCUT2D eigenvalue weighted by atomic mass is 10.1. The average Bonchev–Trinajstić information content (AvgIpc) is 2.65. The van der Waals surface area contributed by atoms with Gasteiger partial charge in [0.25, 0.3) is 0 Å². The lowest BCUT2D eigenvalue weighted by Crippen LogP contribution is -2.22. The molecular formula is C11H15N3O2. The zero-order valence-electron chi connectivity index (χ0n) is 9.22. The van der Waals surface area contributed by atoms with Crippen LogP contribution in [0.4, 0.5) is 11.5 Å². The van der Waals surface area contributed by atoms with Crippen LogP contribution in [0.2, 0.25) is 0 Å². The first kappa shape index (κ1) is 10.9. The zero-order valence-corrected chi connectivity index (χ0v) is 9.22. The van der Waals surface area contributed by atoms with Crippen molar-refractivity contribution in [3.63, 3.8) is 0 Å². The number of nitro groups is 1. The van der Waals surface area contributed by atoms with E-state index in [-0.39, 0.29) is 5.69 Å². The van der Waals surface area contributed by atoms with E-state index in [4.69, 9.17) is 0 Å². The monoisotopic (exact) mass is 221 g/mol. The van der Waals surface area contributed by atoms with Gasteiger partial charge in [-0.05, 0) is 24.8 Å². The molecule has 1 aromatic heterocycles. The number of nitrogens with one attached hydrogen (secondary N) is 1. The third-order valence-corrected chi connectivity index (χ3v) is 3.17. The molecule has 16 heavy (non-hydrogen) atoms. The van der Waals surface area contributed by atoms with Gasteiger partial charge in [-0.25, -0.2) is 4.98 Å². The van der Waals surface area contributed by atoms with Crippen molar-refractivity contribution in [3.05, 3.63) is 28.4 Å². The molecule has 0 saturated heterocycles. The van der Waals surface area contributed by atoms with Crippen LogP contribution in [-0.2, 0) is 0 Å². The molecule has 0 bridgehead atoms. The number of hydrogen-bond donors (Lipinski definition) is 1. The first-order valence-electron chi connectivity index (χ1n) is 5.54. The second-order valence-corrected chi connectivity index (χ2v) is 4.29. The summed E-state index contributed by atoms with van der Waals surface area (Å²) in [6.45, 7) is 2.17. The van der Waals surface area contributed by atoms with Gasteiger partial charge in [-0.1, -0.05) is 13.3 Å². The Bertz CT molecular complexity index is 395. The number of aromatic nitrogens is 1. The second kappa shape index (κ2) is 4.47. The van der Waals surface area contributed by atoms with Crippen molar-refractivity contribution < 1.29 is 4.92 Å². The Hall–Kier alpha value is -1.65. The van der Waals surface area contributed by atoms with E-state index in [0.717, 1.165) is 6.42 Å². The van der Waals surface area contributed by atoms with E-state index in [1.54, 1.807) is 12.3 Å². The minimum Gasteiger partial charge on any atom is -0.361 e. The standard InChI is InChI=1S/C11H15N3O2/c1-8-4-2-5-9(8)13-11-10(14(15)16)6-3-7-12-11/h3,6-9H,2,4-5H2,1H3,(H,12,13). The minimum atomic E-state index is -0.394. The molecule has 1 aliphatic carbocycles. The summed E-state index contributed by atoms with van der Waals surface area (Å²) in [5, 5.41) is 14.0. The number of hydrogen-bond acceptors (Lipinski definition) is 4. The third kappa shape index (κ3) is 2.13. The lowest BCUT2D eigenvalue weighted by Gasteiger charge is -2.17. The summed E-state index contributed by atoms with van der Waals surface area (Å²) in [6, 6.07) is 3.38. The van der Waals surface area contributed by atoms with Gasteiger partial charge in [0.1, 0.15) is 0 Å². The Kier molecular flexibility index (Phi) is 3.03. The fourth-order valence-electron chi connectivity index (χ4n) is 2.19. The lowest BCUT2D eigenvalue weighted by molar-refractivity contribution is -0.384. The van der Waals surface area contributed by atoms with Gasteiger partial charge in [0.05, 0.1) is 4.92 Å². The van der Waals surface area contributed by atoms with Gasteiger partial charge >= 0.3 is 5.69 Å². The van der Waals surface area contributed by atoms with Crippen molar-refractivity contribution in [1.82, 2.24) is 4.98 Å². The van der Waals surface area contributed by atoms with E-state index in [2.05, 4.69) is 17.2 Å². The summed E-state index contributed by atoms with van der Waals surface area (Å²) in [5.41, 5.74) is 0.0570. The highest BCUT2D eigenvalue weighted by Crippen LogP contribution is 2.30. The maximum absolute atomic E-state index is 10.8. The summed E-state index contributed by atoms with van der Waals surface area (Å²) in [4.78, 5) is 14.5. The van der Waals surface area contributed by atoms with Crippen LogP contribution >= 0.6 is 0 Å². The highest BCUT2D eigenvalue weighted by atomic mass is 16.6. The maximum atomic E-state index is 10.8. The van der Waals surface area contributed by atoms with Gasteiger partial charge in [0.2, 0.25) is 5.82 Å². The van der Waals surface area contributed by atoms with Crippen LogP contribution in [0, 0.1) is 16.0 Å². The normalized spacial score (nSPS) is 24.3. The Morgan fingerprint density at radius 3 is 3.00 bits per heavy atom. The van der Waals surface area contributed by atoms with Crippen molar-refractivity contribution in [1.29, 1.82) is 0 Å². The number of anilines is 1. The molecular weight excluding hydrogens is 206 g/mol. The fourth-order valence-corrected chi connectivity index (χ4v) is 2.19. The van der Waals surface area contributed by atoms with Crippen LogP contribution in [0.1, 0.15) is 26.2 Å². The smallest absolute Gasteiger partial charge is 0.311 e. The molecule has 1 aromatic rings. The minimum absolute atomic E-state index is 0.0570. The van der Waals surface area contributed by atoms with Crippen molar-refractivity contribution in [2.24, 2.45) is 5.92 Å². The van der Waals surface area contributed by atoms with Crippen molar-refractivity contribution in [2.45, 2.75) is 32.2 Å². The molecule has 1 fully saturated rings. The first-order valence-corrected chi connectivity index (χ1v) is 5.54. The van der Waals surface area contributed by atoms with E-state index < -0.39 is 4.92 Å². The molecule has 2 unspecified atom stereocenters. The Labute approximate surface area is 94.0 Å². The molecule has 1 N–H and O–H groups in total. The fraction of sp³-hybridized carbons (Fsp3) is 0.545. The Balaban J connectivity index is 2.17. The number of nitrogens with zero attached hydrogens (tertiary/aromatic N) is 2. The van der Waals surface area contributed by atoms with Gasteiger partial charge in [-0.15, -0.1) is 0 Å². The van der Waals surface area contributed by atoms with Crippen LogP contribution in [0.15, 0.2) is 18.3 Å². The van der Waals surface area contributed by atoms with Crippen molar-refractivity contribution >= 4 is 11.5 Å². The summed E-state index contributed by atoms with van der Waals surface area (Å²) in [6.07, 6.45) is 5.00. The quantitative estimate of drug-likeness (QED) is 0.629. The molecule has 0 amide bonds. The van der Waals surface area contributed by atoms with Gasteiger partial charge in [-0.2, -0.15) is 0 Å². The van der Waals surface area contributed by atoms with E-state index in [1.165, 1.54) is 18.9 Å². The van der Waals surface area contributed by atoms with Crippen molar-refractivity contribution in [2.75, 3.05) is 5.32 Å². The summed E-state index contributed by atoms with van der Waals surface area (Å²) >= 11 is 0. The highest BCUT2D eigenvalue weighted by molar-refractivity contribution is 5.55. The molecule has 0 spiro atoms. The molecule has 1 saturated carbocycles. The van der Waals surface area contributed by atoms with Crippen LogP contribution < -0.4 is 5.32 Å². The molecule has 2 atom stereocenters. The predicted octanol–water partition coefficient (Wildman–Crippen LogP) is 2.59. The molecule has 0 radical (unpaired) electrons. The molecule has 5 heteroatoms. The number of rotatable bonds is 3. The zero-order chi connectivity index (χ0) is 11.5. The molecule has 5 nitrogen and oxygen atoms in total. The average molecular weight is 221 g/mol. The van der Waals surface area contributed by atoms with Gasteiger partial charge in [0.15, 0.2) is 0 Å². The van der Waals surface area contributed by atoms with Crippen LogP contribution in [0.25, 0.3) is 0 Å². The van der Waals surface area contributed by atoms with Gasteiger partial charge in [-0.3, -0.25) is 10.1 Å².